The van der Waals surface area contributed by atoms with Gasteiger partial charge in [0.25, 0.3) is 5.56 Å². The Morgan fingerprint density at radius 2 is 1.90 bits per heavy atom. The van der Waals surface area contributed by atoms with Gasteiger partial charge in [-0.25, -0.2) is 0 Å². The van der Waals surface area contributed by atoms with E-state index in [4.69, 9.17) is 0 Å². The van der Waals surface area contributed by atoms with Crippen LogP contribution in [-0.2, 0) is 6.42 Å². The van der Waals surface area contributed by atoms with Crippen molar-refractivity contribution in [2.45, 2.75) is 52.5 Å². The zero-order valence-corrected chi connectivity index (χ0v) is 18.1. The third-order valence-electron chi connectivity index (χ3n) is 5.35. The number of tetrazole rings is 1. The summed E-state index contributed by atoms with van der Waals surface area (Å²) in [5.41, 5.74) is 4.41. The Morgan fingerprint density at radius 1 is 1.10 bits per heavy atom. The summed E-state index contributed by atoms with van der Waals surface area (Å²) in [5.74, 6) is 0.244. The van der Waals surface area contributed by atoms with Crippen LogP contribution >= 0.6 is 0 Å². The molecule has 0 amide bonds. The fourth-order valence-corrected chi connectivity index (χ4v) is 3.61. The lowest BCUT2D eigenvalue weighted by atomic mass is 10.0. The van der Waals surface area contributed by atoms with Gasteiger partial charge >= 0.3 is 0 Å². The summed E-state index contributed by atoms with van der Waals surface area (Å²) in [6.07, 6.45) is 6.61. The minimum absolute atomic E-state index is 0.212. The molecule has 3 heterocycles. The number of benzene rings is 1. The molecule has 8 nitrogen and oxygen atoms in total. The number of unbranched alkanes of at least 4 members (excludes halogenated alkanes) is 2. The zero-order valence-electron chi connectivity index (χ0n) is 18.1. The van der Waals surface area contributed by atoms with E-state index in [-0.39, 0.29) is 17.4 Å². The molecule has 0 aliphatic heterocycles. The summed E-state index contributed by atoms with van der Waals surface area (Å²) in [7, 11) is 0. The number of pyridine rings is 1. The summed E-state index contributed by atoms with van der Waals surface area (Å²) in [5, 5.41) is 18.7. The van der Waals surface area contributed by atoms with E-state index in [2.05, 4.69) is 75.7 Å². The minimum atomic E-state index is -0.278. The second-order valence-corrected chi connectivity index (χ2v) is 7.96. The predicted octanol–water partition coefficient (Wildman–Crippen LogP) is 4.40. The van der Waals surface area contributed by atoms with Crippen LogP contribution in [0.4, 0.5) is 0 Å². The molecule has 0 aliphatic rings. The van der Waals surface area contributed by atoms with Crippen LogP contribution < -0.4 is 5.56 Å². The monoisotopic (exact) mass is 417 g/mol. The Balaban J connectivity index is 1.76. The van der Waals surface area contributed by atoms with Crippen LogP contribution in [0.3, 0.4) is 0 Å². The third kappa shape index (κ3) is 4.47. The molecule has 4 rings (SSSR count). The average Bonchev–Trinajstić information content (AvgIpc) is 3.46. The molecule has 0 saturated carbocycles. The second kappa shape index (κ2) is 9.07. The largest absolute Gasteiger partial charge is 0.321 e. The molecule has 0 bridgehead atoms. The zero-order chi connectivity index (χ0) is 21.8. The molecule has 2 N–H and O–H groups in total. The summed E-state index contributed by atoms with van der Waals surface area (Å²) in [6, 6.07) is 12.4. The van der Waals surface area contributed by atoms with Gasteiger partial charge in [0.2, 0.25) is 5.82 Å². The van der Waals surface area contributed by atoms with Crippen molar-refractivity contribution in [3.8, 4) is 33.9 Å². The highest BCUT2D eigenvalue weighted by Gasteiger charge is 2.19. The Hall–Kier alpha value is -3.55. The van der Waals surface area contributed by atoms with E-state index in [0.717, 1.165) is 17.7 Å². The number of H-pyrrole nitrogens is 2. The number of aromatic amines is 2. The van der Waals surface area contributed by atoms with Gasteiger partial charge in [-0.3, -0.25) is 9.48 Å². The van der Waals surface area contributed by atoms with Crippen molar-refractivity contribution < 1.29 is 0 Å². The molecule has 0 unspecified atom stereocenters. The molecule has 4 aromatic rings. The van der Waals surface area contributed by atoms with Gasteiger partial charge in [-0.2, -0.15) is 10.3 Å². The molecule has 0 radical (unpaired) electrons. The highest BCUT2D eigenvalue weighted by atomic mass is 16.1. The van der Waals surface area contributed by atoms with Crippen LogP contribution in [0.1, 0.15) is 51.6 Å². The molecule has 1 aromatic carbocycles. The van der Waals surface area contributed by atoms with E-state index in [1.807, 2.05) is 23.0 Å². The Bertz CT molecular complexity index is 1190. The predicted molar refractivity (Wildman–Crippen MR) is 121 cm³/mol. The molecule has 3 aromatic heterocycles. The molecule has 160 valence electrons. The van der Waals surface area contributed by atoms with Gasteiger partial charge < -0.3 is 4.98 Å². The SMILES string of the molecule is CCCCCc1ccc(-c2cc(-c3ccn(C(C)C)n3)c(-c3nn[nH]n3)c(=O)[nH]2)cc1. The number of hydrogen-bond donors (Lipinski definition) is 2. The van der Waals surface area contributed by atoms with Crippen molar-refractivity contribution in [1.82, 2.24) is 35.4 Å². The van der Waals surface area contributed by atoms with Gasteiger partial charge in [-0.15, -0.1) is 10.2 Å². The van der Waals surface area contributed by atoms with Crippen LogP contribution in [0.2, 0.25) is 0 Å². The van der Waals surface area contributed by atoms with Gasteiger partial charge in [0.05, 0.1) is 11.3 Å². The number of aryl methyl sites for hydroxylation is 1. The molecular weight excluding hydrogens is 390 g/mol. The van der Waals surface area contributed by atoms with Crippen molar-refractivity contribution in [1.29, 1.82) is 0 Å². The van der Waals surface area contributed by atoms with E-state index in [0.29, 0.717) is 16.8 Å². The lowest BCUT2D eigenvalue weighted by Gasteiger charge is -2.09. The van der Waals surface area contributed by atoms with Crippen LogP contribution in [-0.4, -0.2) is 35.4 Å². The lowest BCUT2D eigenvalue weighted by Crippen LogP contribution is -2.13. The summed E-state index contributed by atoms with van der Waals surface area (Å²) < 4.78 is 1.86. The quantitative estimate of drug-likeness (QED) is 0.413. The number of rotatable bonds is 8. The highest BCUT2D eigenvalue weighted by molar-refractivity contribution is 5.81. The minimum Gasteiger partial charge on any atom is -0.321 e. The molecule has 0 atom stereocenters. The molecule has 0 fully saturated rings. The van der Waals surface area contributed by atoms with Gasteiger partial charge in [0, 0.05) is 23.5 Å². The second-order valence-electron chi connectivity index (χ2n) is 7.96. The van der Waals surface area contributed by atoms with Crippen LogP contribution in [0.25, 0.3) is 33.9 Å². The van der Waals surface area contributed by atoms with Crippen molar-refractivity contribution in [2.75, 3.05) is 0 Å². The topological polar surface area (TPSA) is 105 Å². The van der Waals surface area contributed by atoms with E-state index in [9.17, 15) is 4.79 Å². The van der Waals surface area contributed by atoms with Gasteiger partial charge in [-0.05, 0) is 55.2 Å². The first-order valence-corrected chi connectivity index (χ1v) is 10.7. The number of nitrogens with one attached hydrogen (secondary N) is 2. The first-order chi connectivity index (χ1) is 15.1. The van der Waals surface area contributed by atoms with Crippen molar-refractivity contribution in [3.63, 3.8) is 0 Å². The molecule has 0 spiro atoms. The van der Waals surface area contributed by atoms with E-state index in [1.165, 1.54) is 24.8 Å². The first kappa shape index (κ1) is 20.7. The summed E-state index contributed by atoms with van der Waals surface area (Å²) >= 11 is 0. The number of aromatic nitrogens is 7. The standard InChI is InChI=1S/C23H27N7O/c1-4-5-6-7-16-8-10-17(11-9-16)20-14-18(19-12-13-30(27-19)15(2)3)21(23(31)24-20)22-25-28-29-26-22/h8-15H,4-7H2,1-3H3,(H,24,31)(H,25,26,28,29). The Labute approximate surface area is 180 Å². The normalized spacial score (nSPS) is 11.4. The first-order valence-electron chi connectivity index (χ1n) is 10.7. The van der Waals surface area contributed by atoms with Crippen molar-refractivity contribution >= 4 is 0 Å². The number of hydrogen-bond acceptors (Lipinski definition) is 5. The van der Waals surface area contributed by atoms with Crippen LogP contribution in [0, 0.1) is 0 Å². The van der Waals surface area contributed by atoms with Gasteiger partial charge in [0.1, 0.15) is 0 Å². The molecule has 0 saturated heterocycles. The highest BCUT2D eigenvalue weighted by Crippen LogP contribution is 2.30. The Morgan fingerprint density at radius 3 is 2.55 bits per heavy atom. The fraction of sp³-hybridized carbons (Fsp3) is 0.348. The Kier molecular flexibility index (Phi) is 6.06. The van der Waals surface area contributed by atoms with E-state index < -0.39 is 0 Å². The van der Waals surface area contributed by atoms with Gasteiger partial charge in [-0.1, -0.05) is 44.0 Å². The molecule has 31 heavy (non-hydrogen) atoms. The van der Waals surface area contributed by atoms with Crippen LogP contribution in [0.5, 0.6) is 0 Å². The molecule has 8 heteroatoms. The maximum atomic E-state index is 13.1. The van der Waals surface area contributed by atoms with Crippen LogP contribution in [0.15, 0.2) is 47.4 Å². The maximum absolute atomic E-state index is 13.1. The molecule has 0 aliphatic carbocycles. The maximum Gasteiger partial charge on any atom is 0.260 e. The smallest absolute Gasteiger partial charge is 0.260 e. The van der Waals surface area contributed by atoms with Crippen molar-refractivity contribution in [2.24, 2.45) is 0 Å². The van der Waals surface area contributed by atoms with Gasteiger partial charge in [0.15, 0.2) is 0 Å². The molecular formula is C23H27N7O. The van der Waals surface area contributed by atoms with E-state index >= 15 is 0 Å². The third-order valence-corrected chi connectivity index (χ3v) is 5.35. The van der Waals surface area contributed by atoms with E-state index in [1.54, 1.807) is 0 Å². The summed E-state index contributed by atoms with van der Waals surface area (Å²) in [4.78, 5) is 16.1. The fourth-order valence-electron chi connectivity index (χ4n) is 3.61. The lowest BCUT2D eigenvalue weighted by molar-refractivity contribution is 0.534. The summed E-state index contributed by atoms with van der Waals surface area (Å²) in [6.45, 7) is 6.32. The van der Waals surface area contributed by atoms with Crippen molar-refractivity contribution in [3.05, 3.63) is 58.5 Å². The average molecular weight is 418 g/mol. The number of nitrogens with zero attached hydrogens (tertiary/aromatic N) is 5.